The molecule has 1 aromatic heterocycles. The second-order valence-electron chi connectivity index (χ2n) is 7.76. The first-order valence-corrected chi connectivity index (χ1v) is 10.7. The van der Waals surface area contributed by atoms with Crippen molar-refractivity contribution in [1.82, 2.24) is 9.13 Å². The van der Waals surface area contributed by atoms with Gasteiger partial charge in [0.05, 0.1) is 17.5 Å². The van der Waals surface area contributed by atoms with Gasteiger partial charge in [0.15, 0.2) is 6.10 Å². The Morgan fingerprint density at radius 1 is 0.909 bits per heavy atom. The predicted octanol–water partition coefficient (Wildman–Crippen LogP) is 3.97. The largest absolute Gasteiger partial charge is 0.452 e. The molecule has 0 saturated heterocycles. The molecule has 7 nitrogen and oxygen atoms in total. The molecule has 0 spiro atoms. The van der Waals surface area contributed by atoms with E-state index in [0.717, 1.165) is 22.2 Å². The summed E-state index contributed by atoms with van der Waals surface area (Å²) in [5.41, 5.74) is 3.83. The van der Waals surface area contributed by atoms with Crippen molar-refractivity contribution in [3.8, 4) is 11.1 Å². The molecule has 33 heavy (non-hydrogen) atoms. The van der Waals surface area contributed by atoms with Crippen molar-refractivity contribution >= 4 is 28.6 Å². The van der Waals surface area contributed by atoms with Gasteiger partial charge in [0.25, 0.3) is 5.91 Å². The lowest BCUT2D eigenvalue weighted by molar-refractivity contribution is -0.153. The maximum absolute atomic E-state index is 12.7. The summed E-state index contributed by atoms with van der Waals surface area (Å²) < 4.78 is 8.42. The second kappa shape index (κ2) is 9.56. The summed E-state index contributed by atoms with van der Waals surface area (Å²) in [6.45, 7) is 1.70. The van der Waals surface area contributed by atoms with Crippen LogP contribution in [0.5, 0.6) is 0 Å². The van der Waals surface area contributed by atoms with Crippen molar-refractivity contribution in [2.75, 3.05) is 5.32 Å². The molecule has 3 aromatic carbocycles. The molecular formula is C26H25N3O4. The Hall–Kier alpha value is -4.13. The smallest absolute Gasteiger partial charge is 0.328 e. The first-order chi connectivity index (χ1) is 16.0. The van der Waals surface area contributed by atoms with Crippen LogP contribution in [0.1, 0.15) is 13.3 Å². The number of nitrogens with one attached hydrogen (secondary N) is 1. The highest BCUT2D eigenvalue weighted by molar-refractivity contribution is 5.98. The Labute approximate surface area is 191 Å². The van der Waals surface area contributed by atoms with E-state index in [1.807, 2.05) is 78.9 Å². The fourth-order valence-corrected chi connectivity index (χ4v) is 3.79. The molecule has 4 aromatic rings. The molecule has 0 unspecified atom stereocenters. The second-order valence-corrected chi connectivity index (χ2v) is 7.76. The molecule has 0 aliphatic carbocycles. The molecule has 168 valence electrons. The molecule has 0 radical (unpaired) electrons. The number of carbonyl (C=O) groups excluding carboxylic acids is 2. The molecular weight excluding hydrogens is 418 g/mol. The predicted molar refractivity (Wildman–Crippen MR) is 128 cm³/mol. The van der Waals surface area contributed by atoms with Crippen LogP contribution in [0.25, 0.3) is 22.2 Å². The molecule has 7 heteroatoms. The number of nitrogens with zero attached hydrogens (tertiary/aromatic N) is 2. The third kappa shape index (κ3) is 4.72. The summed E-state index contributed by atoms with van der Waals surface area (Å²) in [6, 6.07) is 24.6. The molecule has 0 aliphatic rings. The third-order valence-electron chi connectivity index (χ3n) is 5.54. The molecule has 0 saturated carbocycles. The number of rotatable bonds is 7. The number of hydrogen-bond donors (Lipinski definition) is 1. The van der Waals surface area contributed by atoms with E-state index in [4.69, 9.17) is 4.74 Å². The summed E-state index contributed by atoms with van der Waals surface area (Å²) in [5, 5.41) is 2.85. The van der Waals surface area contributed by atoms with E-state index in [1.54, 1.807) is 11.6 Å². The Bertz CT molecular complexity index is 1350. The molecule has 4 rings (SSSR count). The van der Waals surface area contributed by atoms with Gasteiger partial charge in [-0.15, -0.1) is 0 Å². The van der Waals surface area contributed by atoms with Crippen LogP contribution in [-0.4, -0.2) is 27.1 Å². The highest BCUT2D eigenvalue weighted by Crippen LogP contribution is 2.27. The van der Waals surface area contributed by atoms with Gasteiger partial charge in [0.2, 0.25) is 0 Å². The minimum atomic E-state index is -0.981. The number of anilines is 1. The van der Waals surface area contributed by atoms with E-state index in [1.165, 1.54) is 11.5 Å². The lowest BCUT2D eigenvalue weighted by Crippen LogP contribution is -2.31. The van der Waals surface area contributed by atoms with Gasteiger partial charge < -0.3 is 10.1 Å². The van der Waals surface area contributed by atoms with Gasteiger partial charge in [0.1, 0.15) is 0 Å². The maximum Gasteiger partial charge on any atom is 0.328 e. The van der Waals surface area contributed by atoms with Crippen LogP contribution < -0.4 is 11.0 Å². The number of benzene rings is 3. The standard InChI is InChI=1S/C26H25N3O4/c1-18(25(31)27-21-13-7-6-12-20(21)19-10-4-3-5-11-19)33-24(30)16-17-29-23-15-9-8-14-22(23)28(2)26(29)32/h3-15,18H,16-17H2,1-2H3,(H,27,31)/t18-/m0/s1. The van der Waals surface area contributed by atoms with E-state index < -0.39 is 18.0 Å². The zero-order chi connectivity index (χ0) is 23.4. The van der Waals surface area contributed by atoms with Gasteiger partial charge >= 0.3 is 11.7 Å². The molecule has 1 atom stereocenters. The van der Waals surface area contributed by atoms with Crippen molar-refractivity contribution < 1.29 is 14.3 Å². The van der Waals surface area contributed by atoms with Crippen molar-refractivity contribution in [1.29, 1.82) is 0 Å². The van der Waals surface area contributed by atoms with Crippen LogP contribution in [-0.2, 0) is 27.9 Å². The van der Waals surface area contributed by atoms with Crippen LogP contribution >= 0.6 is 0 Å². The highest BCUT2D eigenvalue weighted by Gasteiger charge is 2.20. The number of fused-ring (bicyclic) bond motifs is 1. The summed E-state index contributed by atoms with van der Waals surface area (Å²) in [7, 11) is 1.69. The number of hydrogen-bond acceptors (Lipinski definition) is 4. The van der Waals surface area contributed by atoms with Gasteiger partial charge in [-0.1, -0.05) is 60.7 Å². The summed E-state index contributed by atoms with van der Waals surface area (Å²) in [4.78, 5) is 37.6. The molecule has 0 fully saturated rings. The van der Waals surface area contributed by atoms with Crippen LogP contribution in [0.2, 0.25) is 0 Å². The number of amides is 1. The zero-order valence-corrected chi connectivity index (χ0v) is 18.5. The minimum Gasteiger partial charge on any atom is -0.452 e. The van der Waals surface area contributed by atoms with Gasteiger partial charge in [-0.3, -0.25) is 18.7 Å². The maximum atomic E-state index is 12.7. The minimum absolute atomic E-state index is 0.0217. The first kappa shape index (κ1) is 22.1. The lowest BCUT2D eigenvalue weighted by atomic mass is 10.0. The molecule has 0 aliphatic heterocycles. The van der Waals surface area contributed by atoms with E-state index in [9.17, 15) is 14.4 Å². The SMILES string of the molecule is C[C@H](OC(=O)CCn1c(=O)n(C)c2ccccc21)C(=O)Nc1ccccc1-c1ccccc1. The molecule has 1 heterocycles. The Morgan fingerprint density at radius 2 is 1.55 bits per heavy atom. The third-order valence-corrected chi connectivity index (χ3v) is 5.54. The fraction of sp³-hybridized carbons (Fsp3) is 0.192. The number of aryl methyl sites for hydroxylation is 2. The highest BCUT2D eigenvalue weighted by atomic mass is 16.5. The number of ether oxygens (including phenoxy) is 1. The van der Waals surface area contributed by atoms with E-state index in [-0.39, 0.29) is 18.7 Å². The summed E-state index contributed by atoms with van der Waals surface area (Å²) in [6.07, 6.45) is -1.00. The Balaban J connectivity index is 1.39. The van der Waals surface area contributed by atoms with Crippen LogP contribution in [0, 0.1) is 0 Å². The van der Waals surface area contributed by atoms with Crippen LogP contribution in [0.3, 0.4) is 0 Å². The number of imidazole rings is 1. The number of para-hydroxylation sites is 3. The van der Waals surface area contributed by atoms with E-state index in [2.05, 4.69) is 5.32 Å². The van der Waals surface area contributed by atoms with Crippen molar-refractivity contribution in [2.24, 2.45) is 7.05 Å². The van der Waals surface area contributed by atoms with Crippen molar-refractivity contribution in [2.45, 2.75) is 26.0 Å². The number of aromatic nitrogens is 2. The summed E-state index contributed by atoms with van der Waals surface area (Å²) in [5.74, 6) is -0.970. The molecule has 0 bridgehead atoms. The Morgan fingerprint density at radius 3 is 2.30 bits per heavy atom. The molecule has 1 N–H and O–H groups in total. The zero-order valence-electron chi connectivity index (χ0n) is 18.5. The van der Waals surface area contributed by atoms with Gasteiger partial charge in [-0.05, 0) is 30.7 Å². The van der Waals surface area contributed by atoms with Crippen LogP contribution in [0.15, 0.2) is 83.7 Å². The van der Waals surface area contributed by atoms with Gasteiger partial charge in [-0.2, -0.15) is 0 Å². The fourth-order valence-electron chi connectivity index (χ4n) is 3.79. The Kier molecular flexibility index (Phi) is 6.40. The van der Waals surface area contributed by atoms with Crippen molar-refractivity contribution in [3.63, 3.8) is 0 Å². The number of carbonyl (C=O) groups is 2. The quantitative estimate of drug-likeness (QED) is 0.438. The van der Waals surface area contributed by atoms with E-state index in [0.29, 0.717) is 5.69 Å². The van der Waals surface area contributed by atoms with Gasteiger partial charge in [0, 0.05) is 24.8 Å². The normalized spacial score (nSPS) is 11.8. The monoisotopic (exact) mass is 443 g/mol. The van der Waals surface area contributed by atoms with Gasteiger partial charge in [-0.25, -0.2) is 4.79 Å². The number of esters is 1. The summed E-state index contributed by atoms with van der Waals surface area (Å²) >= 11 is 0. The lowest BCUT2D eigenvalue weighted by Gasteiger charge is -2.16. The topological polar surface area (TPSA) is 82.3 Å². The average Bonchev–Trinajstić information content (AvgIpc) is 3.08. The average molecular weight is 444 g/mol. The first-order valence-electron chi connectivity index (χ1n) is 10.7. The molecule has 1 amide bonds. The van der Waals surface area contributed by atoms with E-state index >= 15 is 0 Å². The van der Waals surface area contributed by atoms with Crippen molar-refractivity contribution in [3.05, 3.63) is 89.3 Å². The van der Waals surface area contributed by atoms with Crippen LogP contribution in [0.4, 0.5) is 5.69 Å².